The summed E-state index contributed by atoms with van der Waals surface area (Å²) >= 11 is 3.30. The Balaban J connectivity index is 2.49. The normalized spacial score (nSPS) is 10.5. The number of rotatable bonds is 1. The van der Waals surface area contributed by atoms with Crippen LogP contribution in [0.5, 0.6) is 0 Å². The van der Waals surface area contributed by atoms with Gasteiger partial charge in [0, 0.05) is 5.69 Å². The molecule has 0 aliphatic carbocycles. The molecule has 0 unspecified atom stereocenters. The molecule has 4 heteroatoms. The van der Waals surface area contributed by atoms with Gasteiger partial charge in [0.25, 0.3) is 0 Å². The van der Waals surface area contributed by atoms with Gasteiger partial charge in [0.15, 0.2) is 0 Å². The van der Waals surface area contributed by atoms with Gasteiger partial charge >= 0.3 is 0 Å². The molecule has 2 aromatic rings. The van der Waals surface area contributed by atoms with E-state index in [2.05, 4.69) is 26.0 Å². The first-order valence-electron chi connectivity index (χ1n) is 4.32. The Hall–Kier alpha value is -1.16. The summed E-state index contributed by atoms with van der Waals surface area (Å²) in [5, 5.41) is 4.37. The highest BCUT2D eigenvalue weighted by atomic mass is 79.9. The van der Waals surface area contributed by atoms with Crippen molar-refractivity contribution in [2.24, 2.45) is 0 Å². The van der Waals surface area contributed by atoms with E-state index >= 15 is 0 Å². The fraction of sp³-hybridized carbons (Fsp3) is 0.200. The van der Waals surface area contributed by atoms with E-state index in [-0.39, 0.29) is 0 Å². The van der Waals surface area contributed by atoms with Gasteiger partial charge in [0.1, 0.15) is 4.60 Å². The average molecular weight is 252 g/mol. The van der Waals surface area contributed by atoms with Crippen LogP contribution < -0.4 is 0 Å². The zero-order valence-corrected chi connectivity index (χ0v) is 9.62. The van der Waals surface area contributed by atoms with Gasteiger partial charge in [-0.15, -0.1) is 0 Å². The fourth-order valence-electron chi connectivity index (χ4n) is 1.38. The topological polar surface area (TPSA) is 30.7 Å². The van der Waals surface area contributed by atoms with Gasteiger partial charge in [-0.25, -0.2) is 9.67 Å². The molecule has 0 spiro atoms. The zero-order valence-electron chi connectivity index (χ0n) is 8.03. The maximum absolute atomic E-state index is 4.37. The first-order valence-corrected chi connectivity index (χ1v) is 5.11. The maximum Gasteiger partial charge on any atom is 0.106 e. The molecule has 14 heavy (non-hydrogen) atoms. The number of aromatic nitrogens is 3. The van der Waals surface area contributed by atoms with Crippen LogP contribution in [-0.2, 0) is 0 Å². The summed E-state index contributed by atoms with van der Waals surface area (Å²) in [6, 6.07) is 5.93. The molecular formula is C10H10BrN3. The molecule has 0 saturated heterocycles. The monoisotopic (exact) mass is 251 g/mol. The van der Waals surface area contributed by atoms with Crippen molar-refractivity contribution in [3.8, 4) is 5.69 Å². The van der Waals surface area contributed by atoms with E-state index in [0.29, 0.717) is 0 Å². The lowest BCUT2D eigenvalue weighted by Gasteiger charge is -2.02. The summed E-state index contributed by atoms with van der Waals surface area (Å²) in [4.78, 5) is 4.16. The number of pyridine rings is 1. The third-order valence-electron chi connectivity index (χ3n) is 1.97. The summed E-state index contributed by atoms with van der Waals surface area (Å²) in [6.07, 6.45) is 1.80. The van der Waals surface area contributed by atoms with Gasteiger partial charge in [0.05, 0.1) is 17.6 Å². The minimum absolute atomic E-state index is 0.836. The van der Waals surface area contributed by atoms with Gasteiger partial charge in [-0.05, 0) is 48.0 Å². The van der Waals surface area contributed by atoms with Gasteiger partial charge in [-0.3, -0.25) is 0 Å². The van der Waals surface area contributed by atoms with Crippen LogP contribution in [0.2, 0.25) is 0 Å². The molecule has 2 heterocycles. The molecule has 0 amide bonds. The number of nitrogens with zero attached hydrogens (tertiary/aromatic N) is 3. The van der Waals surface area contributed by atoms with E-state index in [4.69, 9.17) is 0 Å². The molecule has 0 fully saturated rings. The summed E-state index contributed by atoms with van der Waals surface area (Å²) < 4.78 is 2.72. The van der Waals surface area contributed by atoms with Gasteiger partial charge in [-0.2, -0.15) is 5.10 Å². The second-order valence-corrected chi connectivity index (χ2v) is 3.99. The molecule has 0 aliphatic heterocycles. The van der Waals surface area contributed by atoms with Crippen molar-refractivity contribution in [1.82, 2.24) is 14.8 Å². The van der Waals surface area contributed by atoms with E-state index < -0.39 is 0 Å². The maximum atomic E-state index is 4.37. The summed E-state index contributed by atoms with van der Waals surface area (Å²) in [7, 11) is 0. The number of aryl methyl sites for hydroxylation is 2. The second-order valence-electron chi connectivity index (χ2n) is 3.18. The summed E-state index contributed by atoms with van der Waals surface area (Å²) in [5.41, 5.74) is 3.12. The van der Waals surface area contributed by atoms with E-state index in [9.17, 15) is 0 Å². The van der Waals surface area contributed by atoms with Gasteiger partial charge < -0.3 is 0 Å². The molecule has 0 N–H and O–H groups in total. The molecule has 2 aromatic heterocycles. The van der Waals surface area contributed by atoms with Crippen LogP contribution in [0, 0.1) is 13.8 Å². The molecule has 0 aliphatic rings. The average Bonchev–Trinajstić information content (AvgIpc) is 2.47. The quantitative estimate of drug-likeness (QED) is 0.730. The van der Waals surface area contributed by atoms with Crippen LogP contribution in [0.15, 0.2) is 29.0 Å². The largest absolute Gasteiger partial charge is 0.247 e. The first-order chi connectivity index (χ1) is 6.66. The highest BCUT2D eigenvalue weighted by Crippen LogP contribution is 2.13. The SMILES string of the molecule is Cc1cc(C)n(-c2ccc(Br)nc2)n1. The van der Waals surface area contributed by atoms with Crippen molar-refractivity contribution < 1.29 is 0 Å². The van der Waals surface area contributed by atoms with Crippen LogP contribution in [-0.4, -0.2) is 14.8 Å². The van der Waals surface area contributed by atoms with Crippen molar-refractivity contribution in [2.45, 2.75) is 13.8 Å². The van der Waals surface area contributed by atoms with Gasteiger partial charge in [0.2, 0.25) is 0 Å². The Morgan fingerprint density at radius 2 is 2.07 bits per heavy atom. The van der Waals surface area contributed by atoms with Crippen LogP contribution in [0.25, 0.3) is 5.69 Å². The van der Waals surface area contributed by atoms with Crippen LogP contribution in [0.3, 0.4) is 0 Å². The minimum Gasteiger partial charge on any atom is -0.247 e. The molecule has 0 bridgehead atoms. The van der Waals surface area contributed by atoms with Crippen LogP contribution >= 0.6 is 15.9 Å². The molecule has 0 atom stereocenters. The number of hydrogen-bond donors (Lipinski definition) is 0. The molecule has 72 valence electrons. The molecular weight excluding hydrogens is 242 g/mol. The summed E-state index contributed by atoms with van der Waals surface area (Å²) in [5.74, 6) is 0. The van der Waals surface area contributed by atoms with Gasteiger partial charge in [-0.1, -0.05) is 0 Å². The van der Waals surface area contributed by atoms with E-state index in [1.807, 2.05) is 36.7 Å². The van der Waals surface area contributed by atoms with Crippen molar-refractivity contribution in [1.29, 1.82) is 0 Å². The third kappa shape index (κ3) is 1.70. The molecule has 2 rings (SSSR count). The first kappa shape index (κ1) is 9.40. The van der Waals surface area contributed by atoms with E-state index in [0.717, 1.165) is 21.7 Å². The Morgan fingerprint density at radius 3 is 2.57 bits per heavy atom. The van der Waals surface area contributed by atoms with Crippen molar-refractivity contribution >= 4 is 15.9 Å². The standard InChI is InChI=1S/C10H10BrN3/c1-7-5-8(2)14(13-7)9-3-4-10(11)12-6-9/h3-6H,1-2H3. The molecule has 0 saturated carbocycles. The molecule has 0 aromatic carbocycles. The van der Waals surface area contributed by atoms with Crippen molar-refractivity contribution in [3.63, 3.8) is 0 Å². The van der Waals surface area contributed by atoms with Crippen molar-refractivity contribution in [2.75, 3.05) is 0 Å². The lowest BCUT2D eigenvalue weighted by atomic mass is 10.4. The molecule has 3 nitrogen and oxygen atoms in total. The lowest BCUT2D eigenvalue weighted by molar-refractivity contribution is 0.828. The van der Waals surface area contributed by atoms with Crippen LogP contribution in [0.4, 0.5) is 0 Å². The smallest absolute Gasteiger partial charge is 0.106 e. The Morgan fingerprint density at radius 1 is 1.29 bits per heavy atom. The Bertz CT molecular complexity index is 445. The highest BCUT2D eigenvalue weighted by Gasteiger charge is 2.03. The lowest BCUT2D eigenvalue weighted by Crippen LogP contribution is -1.99. The Kier molecular flexibility index (Phi) is 2.37. The van der Waals surface area contributed by atoms with Crippen molar-refractivity contribution in [3.05, 3.63) is 40.4 Å². The number of halogens is 1. The molecule has 0 radical (unpaired) electrons. The second kappa shape index (κ2) is 3.53. The zero-order chi connectivity index (χ0) is 10.1. The highest BCUT2D eigenvalue weighted by molar-refractivity contribution is 9.10. The fourth-order valence-corrected chi connectivity index (χ4v) is 1.62. The predicted octanol–water partition coefficient (Wildman–Crippen LogP) is 2.65. The summed E-state index contributed by atoms with van der Waals surface area (Å²) in [6.45, 7) is 4.01. The minimum atomic E-state index is 0.836. The van der Waals surface area contributed by atoms with Crippen LogP contribution in [0.1, 0.15) is 11.4 Å². The van der Waals surface area contributed by atoms with E-state index in [1.54, 1.807) is 6.20 Å². The third-order valence-corrected chi connectivity index (χ3v) is 2.44. The number of hydrogen-bond acceptors (Lipinski definition) is 2. The predicted molar refractivity (Wildman–Crippen MR) is 58.5 cm³/mol. The van der Waals surface area contributed by atoms with E-state index in [1.165, 1.54) is 0 Å². The Labute approximate surface area is 90.9 Å².